The summed E-state index contributed by atoms with van der Waals surface area (Å²) in [6, 6.07) is 21.7. The van der Waals surface area contributed by atoms with E-state index in [2.05, 4.69) is 27.0 Å². The van der Waals surface area contributed by atoms with E-state index in [1.165, 1.54) is 5.56 Å². The van der Waals surface area contributed by atoms with Crippen LogP contribution in [0.2, 0.25) is 5.02 Å². The molecule has 5 nitrogen and oxygen atoms in total. The van der Waals surface area contributed by atoms with E-state index < -0.39 is 0 Å². The third kappa shape index (κ3) is 4.86. The van der Waals surface area contributed by atoms with Crippen LogP contribution in [0.3, 0.4) is 0 Å². The summed E-state index contributed by atoms with van der Waals surface area (Å²) in [5.41, 5.74) is 3.87. The molecule has 0 saturated carbocycles. The number of imidazole rings is 1. The average molecular weight is 419 g/mol. The summed E-state index contributed by atoms with van der Waals surface area (Å²) < 4.78 is 2.15. The molecule has 0 aliphatic carbocycles. The Kier molecular flexibility index (Phi) is 6.40. The molecule has 0 saturated heterocycles. The van der Waals surface area contributed by atoms with E-state index in [0.717, 1.165) is 22.6 Å². The number of fused-ring (bicyclic) bond motifs is 1. The molecule has 0 radical (unpaired) electrons. The van der Waals surface area contributed by atoms with E-state index in [-0.39, 0.29) is 5.91 Å². The third-order valence-electron chi connectivity index (χ3n) is 5.00. The third-order valence-corrected chi connectivity index (χ3v) is 5.37. The Bertz CT molecular complexity index is 1140. The number of carbonyl (C=O) groups excluding carboxylic acids is 1. The number of aryl methyl sites for hydroxylation is 1. The van der Waals surface area contributed by atoms with Crippen LogP contribution in [0.15, 0.2) is 72.9 Å². The van der Waals surface area contributed by atoms with Crippen LogP contribution >= 0.6 is 11.6 Å². The molecule has 0 atom stereocenters. The van der Waals surface area contributed by atoms with Crippen LogP contribution in [0, 0.1) is 0 Å². The molecule has 2 aromatic heterocycles. The van der Waals surface area contributed by atoms with Crippen LogP contribution < -0.4 is 5.32 Å². The first-order valence-corrected chi connectivity index (χ1v) is 10.4. The van der Waals surface area contributed by atoms with Gasteiger partial charge in [-0.1, -0.05) is 60.1 Å². The van der Waals surface area contributed by atoms with Gasteiger partial charge in [-0.2, -0.15) is 0 Å². The molecule has 0 unspecified atom stereocenters. The second-order valence-electron chi connectivity index (χ2n) is 7.17. The quantitative estimate of drug-likeness (QED) is 0.448. The van der Waals surface area contributed by atoms with E-state index in [4.69, 9.17) is 16.6 Å². The maximum absolute atomic E-state index is 12.3. The summed E-state index contributed by atoms with van der Waals surface area (Å²) in [5.74, 6) is 0.963. The molecule has 1 N–H and O–H groups in total. The summed E-state index contributed by atoms with van der Waals surface area (Å²) >= 11 is 6.15. The first-order valence-electron chi connectivity index (χ1n) is 10.0. The van der Waals surface area contributed by atoms with Gasteiger partial charge in [0.2, 0.25) is 5.91 Å². The molecular weight excluding hydrogens is 396 g/mol. The zero-order chi connectivity index (χ0) is 20.8. The predicted octanol–water partition coefficient (Wildman–Crippen LogP) is 4.77. The molecular formula is C24H23ClN4O. The number of pyridine rings is 1. The zero-order valence-electron chi connectivity index (χ0n) is 16.6. The maximum Gasteiger partial charge on any atom is 0.220 e. The average Bonchev–Trinajstić information content (AvgIpc) is 3.11. The van der Waals surface area contributed by atoms with Gasteiger partial charge in [0.1, 0.15) is 11.3 Å². The molecule has 30 heavy (non-hydrogen) atoms. The van der Waals surface area contributed by atoms with Gasteiger partial charge in [-0.15, -0.1) is 0 Å². The maximum atomic E-state index is 12.3. The van der Waals surface area contributed by atoms with Crippen LogP contribution in [0.4, 0.5) is 0 Å². The lowest BCUT2D eigenvalue weighted by Crippen LogP contribution is -2.22. The molecule has 2 heterocycles. The predicted molar refractivity (Wildman–Crippen MR) is 119 cm³/mol. The minimum atomic E-state index is 0.0127. The van der Waals surface area contributed by atoms with Crippen LogP contribution in [0.1, 0.15) is 29.8 Å². The molecule has 1 amide bonds. The lowest BCUT2D eigenvalue weighted by atomic mass is 10.2. The van der Waals surface area contributed by atoms with Gasteiger partial charge in [-0.25, -0.2) is 9.97 Å². The fraction of sp³-hybridized carbons (Fsp3) is 0.208. The van der Waals surface area contributed by atoms with Crippen molar-refractivity contribution in [2.24, 2.45) is 0 Å². The SMILES string of the molecule is O=C(CCCc1nc2cccnc2n1Cc1ccccc1)NCc1ccccc1Cl. The largest absolute Gasteiger partial charge is 0.352 e. The summed E-state index contributed by atoms with van der Waals surface area (Å²) in [6.45, 7) is 1.15. The standard InChI is InChI=1S/C24H23ClN4O/c25-20-11-5-4-10-19(20)16-27-23(30)14-6-13-22-28-21-12-7-15-26-24(21)29(22)17-18-8-2-1-3-9-18/h1-5,7-12,15H,6,13-14,16-17H2,(H,27,30). The van der Waals surface area contributed by atoms with Gasteiger partial charge in [0.05, 0.1) is 6.54 Å². The van der Waals surface area contributed by atoms with Crippen molar-refractivity contribution in [1.29, 1.82) is 0 Å². The summed E-state index contributed by atoms with van der Waals surface area (Å²) in [7, 11) is 0. The lowest BCUT2D eigenvalue weighted by Gasteiger charge is -2.09. The number of benzene rings is 2. The molecule has 0 fully saturated rings. The van der Waals surface area contributed by atoms with Crippen molar-refractivity contribution >= 4 is 28.7 Å². The lowest BCUT2D eigenvalue weighted by molar-refractivity contribution is -0.121. The number of hydrogen-bond donors (Lipinski definition) is 1. The second-order valence-corrected chi connectivity index (χ2v) is 7.57. The molecule has 152 valence electrons. The Hall–Kier alpha value is -3.18. The van der Waals surface area contributed by atoms with Gasteiger partial charge >= 0.3 is 0 Å². The molecule has 0 spiro atoms. The smallest absolute Gasteiger partial charge is 0.220 e. The Morgan fingerprint density at radius 2 is 1.80 bits per heavy atom. The van der Waals surface area contributed by atoms with E-state index in [1.54, 1.807) is 6.20 Å². The molecule has 4 aromatic rings. The van der Waals surface area contributed by atoms with E-state index in [0.29, 0.717) is 37.4 Å². The summed E-state index contributed by atoms with van der Waals surface area (Å²) in [6.07, 6.45) is 3.65. The van der Waals surface area contributed by atoms with Crippen molar-refractivity contribution in [3.05, 3.63) is 94.9 Å². The van der Waals surface area contributed by atoms with Crippen molar-refractivity contribution in [3.63, 3.8) is 0 Å². The fourth-order valence-electron chi connectivity index (χ4n) is 3.46. The first kappa shape index (κ1) is 20.1. The Morgan fingerprint density at radius 3 is 2.63 bits per heavy atom. The zero-order valence-corrected chi connectivity index (χ0v) is 17.3. The number of nitrogens with zero attached hydrogens (tertiary/aromatic N) is 3. The number of aromatic nitrogens is 3. The molecule has 0 aliphatic heterocycles. The second kappa shape index (κ2) is 9.55. The Balaban J connectivity index is 1.39. The minimum absolute atomic E-state index is 0.0127. The molecule has 2 aromatic carbocycles. The Labute approximate surface area is 180 Å². The normalized spacial score (nSPS) is 11.0. The van der Waals surface area contributed by atoms with Crippen LogP contribution in [-0.4, -0.2) is 20.4 Å². The first-order chi connectivity index (χ1) is 14.7. The van der Waals surface area contributed by atoms with Crippen molar-refractivity contribution in [2.45, 2.75) is 32.4 Å². The minimum Gasteiger partial charge on any atom is -0.352 e. The van der Waals surface area contributed by atoms with Crippen molar-refractivity contribution < 1.29 is 4.79 Å². The number of carbonyl (C=O) groups is 1. The molecule has 4 rings (SSSR count). The molecule has 0 aliphatic rings. The summed E-state index contributed by atoms with van der Waals surface area (Å²) in [4.78, 5) is 21.6. The van der Waals surface area contributed by atoms with Gasteiger partial charge in [-0.05, 0) is 35.7 Å². The highest BCUT2D eigenvalue weighted by Gasteiger charge is 2.13. The van der Waals surface area contributed by atoms with Crippen LogP contribution in [0.25, 0.3) is 11.2 Å². The van der Waals surface area contributed by atoms with Gasteiger partial charge in [0.15, 0.2) is 5.65 Å². The van der Waals surface area contributed by atoms with Crippen LogP contribution in [-0.2, 0) is 24.3 Å². The van der Waals surface area contributed by atoms with Gasteiger partial charge in [-0.3, -0.25) is 4.79 Å². The number of hydrogen-bond acceptors (Lipinski definition) is 3. The van der Waals surface area contributed by atoms with Gasteiger partial charge in [0.25, 0.3) is 0 Å². The monoisotopic (exact) mass is 418 g/mol. The Morgan fingerprint density at radius 1 is 1.00 bits per heavy atom. The van der Waals surface area contributed by atoms with E-state index >= 15 is 0 Å². The topological polar surface area (TPSA) is 59.8 Å². The van der Waals surface area contributed by atoms with Crippen molar-refractivity contribution in [2.75, 3.05) is 0 Å². The van der Waals surface area contributed by atoms with Gasteiger partial charge < -0.3 is 9.88 Å². The number of rotatable bonds is 8. The highest BCUT2D eigenvalue weighted by atomic mass is 35.5. The molecule has 6 heteroatoms. The number of amides is 1. The van der Waals surface area contributed by atoms with Gasteiger partial charge in [0, 0.05) is 30.6 Å². The number of nitrogens with one attached hydrogen (secondary N) is 1. The van der Waals surface area contributed by atoms with Crippen molar-refractivity contribution in [1.82, 2.24) is 19.9 Å². The highest BCUT2D eigenvalue weighted by Crippen LogP contribution is 2.18. The van der Waals surface area contributed by atoms with Crippen LogP contribution in [0.5, 0.6) is 0 Å². The fourth-order valence-corrected chi connectivity index (χ4v) is 3.66. The highest BCUT2D eigenvalue weighted by molar-refractivity contribution is 6.31. The molecule has 0 bridgehead atoms. The number of halogens is 1. The van der Waals surface area contributed by atoms with E-state index in [1.807, 2.05) is 54.6 Å². The summed E-state index contributed by atoms with van der Waals surface area (Å²) in [5, 5.41) is 3.61. The van der Waals surface area contributed by atoms with E-state index in [9.17, 15) is 4.79 Å². The van der Waals surface area contributed by atoms with Crippen molar-refractivity contribution in [3.8, 4) is 0 Å².